The van der Waals surface area contributed by atoms with E-state index >= 15 is 0 Å². The largest absolute Gasteiger partial charge is 0.354 e. The first-order valence-electron chi connectivity index (χ1n) is 11.0. The normalized spacial score (nSPS) is 12.5. The smallest absolute Gasteiger partial charge is 0.304 e. The number of para-hydroxylation sites is 1. The Labute approximate surface area is 207 Å². The fourth-order valence-electron chi connectivity index (χ4n) is 3.13. The fraction of sp³-hybridized carbons (Fsp3) is 0.417. The Kier molecular flexibility index (Phi) is 9.90. The summed E-state index contributed by atoms with van der Waals surface area (Å²) < 4.78 is 28.2. The van der Waals surface area contributed by atoms with Crippen molar-refractivity contribution in [2.24, 2.45) is 5.92 Å². The van der Waals surface area contributed by atoms with Gasteiger partial charge < -0.3 is 10.2 Å². The Bertz CT molecular complexity index is 1060. The highest BCUT2D eigenvalue weighted by molar-refractivity contribution is 7.90. The van der Waals surface area contributed by atoms with Gasteiger partial charge >= 0.3 is 10.2 Å². The van der Waals surface area contributed by atoms with Crippen molar-refractivity contribution in [3.05, 3.63) is 65.2 Å². The van der Waals surface area contributed by atoms with Crippen molar-refractivity contribution < 1.29 is 18.0 Å². The molecular weight excluding hydrogens is 476 g/mol. The second kappa shape index (κ2) is 12.2. The van der Waals surface area contributed by atoms with Crippen LogP contribution >= 0.6 is 11.6 Å². The van der Waals surface area contributed by atoms with E-state index < -0.39 is 28.7 Å². The quantitative estimate of drug-likeness (QED) is 0.505. The molecule has 0 aliphatic carbocycles. The predicted molar refractivity (Wildman–Crippen MR) is 136 cm³/mol. The molecule has 0 saturated heterocycles. The van der Waals surface area contributed by atoms with Gasteiger partial charge in [0.15, 0.2) is 0 Å². The topological polar surface area (TPSA) is 90.0 Å². The molecule has 0 fully saturated rings. The van der Waals surface area contributed by atoms with E-state index in [2.05, 4.69) is 5.32 Å². The number of rotatable bonds is 11. The van der Waals surface area contributed by atoms with Crippen molar-refractivity contribution in [3.8, 4) is 0 Å². The number of carbonyl (C=O) groups excluding carboxylic acids is 2. The molecule has 0 saturated carbocycles. The van der Waals surface area contributed by atoms with Gasteiger partial charge in [-0.15, -0.1) is 0 Å². The monoisotopic (exact) mass is 508 g/mol. The van der Waals surface area contributed by atoms with Crippen molar-refractivity contribution in [2.75, 3.05) is 31.5 Å². The second-order valence-electron chi connectivity index (χ2n) is 8.60. The lowest BCUT2D eigenvalue weighted by atomic mass is 10.1. The Morgan fingerprint density at radius 2 is 1.56 bits per heavy atom. The van der Waals surface area contributed by atoms with E-state index in [0.717, 1.165) is 14.2 Å². The van der Waals surface area contributed by atoms with Crippen molar-refractivity contribution >= 4 is 39.3 Å². The summed E-state index contributed by atoms with van der Waals surface area (Å²) in [6.07, 6.45) is 0. The third kappa shape index (κ3) is 7.44. The average Bonchev–Trinajstić information content (AvgIpc) is 2.80. The maximum Gasteiger partial charge on any atom is 0.304 e. The van der Waals surface area contributed by atoms with Crippen LogP contribution in [0.25, 0.3) is 0 Å². The molecule has 34 heavy (non-hydrogen) atoms. The summed E-state index contributed by atoms with van der Waals surface area (Å²) in [5, 5.41) is 3.40. The summed E-state index contributed by atoms with van der Waals surface area (Å²) >= 11 is 5.99. The number of benzene rings is 2. The maximum absolute atomic E-state index is 13.5. The molecule has 0 unspecified atom stereocenters. The lowest BCUT2D eigenvalue weighted by Crippen LogP contribution is -2.52. The lowest BCUT2D eigenvalue weighted by molar-refractivity contribution is -0.139. The number of hydrogen-bond donors (Lipinski definition) is 1. The van der Waals surface area contributed by atoms with Crippen LogP contribution in [-0.4, -0.2) is 62.7 Å². The minimum Gasteiger partial charge on any atom is -0.354 e. The van der Waals surface area contributed by atoms with Crippen LogP contribution in [0.3, 0.4) is 0 Å². The third-order valence-corrected chi connectivity index (χ3v) is 7.25. The number of amides is 2. The van der Waals surface area contributed by atoms with Gasteiger partial charge in [-0.05, 0) is 42.7 Å². The Morgan fingerprint density at radius 3 is 2.09 bits per heavy atom. The van der Waals surface area contributed by atoms with Crippen LogP contribution in [0.2, 0.25) is 5.02 Å². The first kappa shape index (κ1) is 27.6. The molecule has 1 N–H and O–H groups in total. The molecule has 0 aliphatic rings. The molecule has 186 valence electrons. The third-order valence-electron chi connectivity index (χ3n) is 5.18. The van der Waals surface area contributed by atoms with Gasteiger partial charge in [0.1, 0.15) is 12.6 Å². The highest BCUT2D eigenvalue weighted by atomic mass is 35.5. The van der Waals surface area contributed by atoms with Crippen LogP contribution in [0.1, 0.15) is 26.3 Å². The van der Waals surface area contributed by atoms with E-state index in [-0.39, 0.29) is 18.4 Å². The molecule has 8 nitrogen and oxygen atoms in total. The van der Waals surface area contributed by atoms with Crippen LogP contribution < -0.4 is 9.62 Å². The summed E-state index contributed by atoms with van der Waals surface area (Å²) in [6, 6.07) is 14.5. The van der Waals surface area contributed by atoms with Crippen LogP contribution in [-0.2, 0) is 26.3 Å². The first-order chi connectivity index (χ1) is 15.9. The molecule has 0 radical (unpaired) electrons. The van der Waals surface area contributed by atoms with Gasteiger partial charge in [0.2, 0.25) is 11.8 Å². The van der Waals surface area contributed by atoms with E-state index in [1.54, 1.807) is 61.5 Å². The number of nitrogens with zero attached hydrogens (tertiary/aromatic N) is 3. The van der Waals surface area contributed by atoms with Gasteiger partial charge in [-0.25, -0.2) is 4.31 Å². The number of carbonyl (C=O) groups is 2. The van der Waals surface area contributed by atoms with Crippen molar-refractivity contribution in [3.63, 3.8) is 0 Å². The van der Waals surface area contributed by atoms with Gasteiger partial charge in [-0.2, -0.15) is 12.7 Å². The zero-order chi connectivity index (χ0) is 25.5. The zero-order valence-corrected chi connectivity index (χ0v) is 21.8. The molecule has 0 aliphatic heterocycles. The minimum atomic E-state index is -3.97. The Hall–Kier alpha value is -2.62. The molecular formula is C24H33ClN4O4S. The summed E-state index contributed by atoms with van der Waals surface area (Å²) in [5.41, 5.74) is 1.12. The summed E-state index contributed by atoms with van der Waals surface area (Å²) in [7, 11) is -1.15. The number of nitrogens with one attached hydrogen (secondary N) is 1. The highest BCUT2D eigenvalue weighted by Crippen LogP contribution is 2.21. The standard InChI is InChI=1S/C24H33ClN4O4S/c1-18(2)15-26-24(31)19(3)28(16-20-11-13-21(25)14-12-20)23(30)17-29(34(32,33)27(4)5)22-9-7-6-8-10-22/h6-14,18-19H,15-17H2,1-5H3,(H,26,31)/t19-/m0/s1. The summed E-state index contributed by atoms with van der Waals surface area (Å²) in [5.74, 6) is -0.565. The molecule has 2 aromatic rings. The van der Waals surface area contributed by atoms with Crippen molar-refractivity contribution in [2.45, 2.75) is 33.4 Å². The van der Waals surface area contributed by atoms with Gasteiger partial charge in [-0.1, -0.05) is 55.8 Å². The molecule has 2 aromatic carbocycles. The van der Waals surface area contributed by atoms with E-state index in [1.165, 1.54) is 19.0 Å². The molecule has 0 bridgehead atoms. The van der Waals surface area contributed by atoms with Crippen LogP contribution in [0, 0.1) is 5.92 Å². The predicted octanol–water partition coefficient (Wildman–Crippen LogP) is 3.14. The molecule has 10 heteroatoms. The van der Waals surface area contributed by atoms with Crippen LogP contribution in [0.4, 0.5) is 5.69 Å². The van der Waals surface area contributed by atoms with E-state index in [1.807, 2.05) is 13.8 Å². The van der Waals surface area contributed by atoms with Crippen molar-refractivity contribution in [1.82, 2.24) is 14.5 Å². The first-order valence-corrected chi connectivity index (χ1v) is 12.8. The van der Waals surface area contributed by atoms with Crippen LogP contribution in [0.5, 0.6) is 0 Å². The Morgan fingerprint density at radius 1 is 0.971 bits per heavy atom. The fourth-order valence-corrected chi connectivity index (χ4v) is 4.31. The van der Waals surface area contributed by atoms with Gasteiger partial charge in [0.05, 0.1) is 5.69 Å². The SMILES string of the molecule is CC(C)CNC(=O)[C@H](C)N(Cc1ccc(Cl)cc1)C(=O)CN(c1ccccc1)S(=O)(=O)N(C)C. The Balaban J connectivity index is 2.39. The molecule has 0 spiro atoms. The average molecular weight is 509 g/mol. The van der Waals surface area contributed by atoms with E-state index in [0.29, 0.717) is 17.3 Å². The van der Waals surface area contributed by atoms with Gasteiger partial charge in [0, 0.05) is 32.2 Å². The summed E-state index contributed by atoms with van der Waals surface area (Å²) in [6.45, 7) is 5.72. The zero-order valence-electron chi connectivity index (χ0n) is 20.2. The van der Waals surface area contributed by atoms with E-state index in [9.17, 15) is 18.0 Å². The highest BCUT2D eigenvalue weighted by Gasteiger charge is 2.32. The number of hydrogen-bond acceptors (Lipinski definition) is 4. The molecule has 2 rings (SSSR count). The molecule has 0 heterocycles. The van der Waals surface area contributed by atoms with Crippen molar-refractivity contribution in [1.29, 1.82) is 0 Å². The second-order valence-corrected chi connectivity index (χ2v) is 11.1. The van der Waals surface area contributed by atoms with Gasteiger partial charge in [-0.3, -0.25) is 9.59 Å². The maximum atomic E-state index is 13.5. The molecule has 0 aromatic heterocycles. The minimum absolute atomic E-state index is 0.122. The van der Waals surface area contributed by atoms with Crippen LogP contribution in [0.15, 0.2) is 54.6 Å². The van der Waals surface area contributed by atoms with Gasteiger partial charge in [0.25, 0.3) is 0 Å². The lowest BCUT2D eigenvalue weighted by Gasteiger charge is -2.33. The number of anilines is 1. The van der Waals surface area contributed by atoms with E-state index in [4.69, 9.17) is 11.6 Å². The summed E-state index contributed by atoms with van der Waals surface area (Å²) in [4.78, 5) is 27.8. The number of halogens is 1. The molecule has 1 atom stereocenters. The molecule has 2 amide bonds.